The summed E-state index contributed by atoms with van der Waals surface area (Å²) in [6.45, 7) is 6.84. The lowest BCUT2D eigenvalue weighted by Crippen LogP contribution is -2.24. The average Bonchev–Trinajstić information content (AvgIpc) is 3.07. The number of anilines is 2. The monoisotopic (exact) mass is 312 g/mol. The Morgan fingerprint density at radius 1 is 1.05 bits per heavy atom. The van der Waals surface area contributed by atoms with Gasteiger partial charge in [-0.3, -0.25) is 0 Å². The molecule has 5 heteroatoms. The van der Waals surface area contributed by atoms with Gasteiger partial charge in [-0.15, -0.1) is 11.3 Å². The van der Waals surface area contributed by atoms with Gasteiger partial charge in [-0.1, -0.05) is 18.2 Å². The van der Waals surface area contributed by atoms with Gasteiger partial charge in [0.2, 0.25) is 5.95 Å². The SMILES string of the molecule is CCN(CC)c1nc(NCc2cccs2)c2ccccc2n1. The van der Waals surface area contributed by atoms with Crippen LogP contribution in [0.5, 0.6) is 0 Å². The standard InChI is InChI=1S/C17H20N4S/c1-3-21(4-2)17-19-15-10-6-5-9-14(15)16(20-17)18-12-13-8-7-11-22-13/h5-11H,3-4,12H2,1-2H3,(H,18,19,20). The molecule has 0 aliphatic heterocycles. The maximum Gasteiger partial charge on any atom is 0.227 e. The minimum absolute atomic E-state index is 0.788. The molecule has 0 aliphatic carbocycles. The summed E-state index contributed by atoms with van der Waals surface area (Å²) in [6.07, 6.45) is 0. The summed E-state index contributed by atoms with van der Waals surface area (Å²) < 4.78 is 0. The highest BCUT2D eigenvalue weighted by atomic mass is 32.1. The normalized spacial score (nSPS) is 10.8. The Balaban J connectivity index is 1.98. The smallest absolute Gasteiger partial charge is 0.227 e. The highest BCUT2D eigenvalue weighted by Crippen LogP contribution is 2.24. The van der Waals surface area contributed by atoms with Gasteiger partial charge in [-0.25, -0.2) is 4.98 Å². The largest absolute Gasteiger partial charge is 0.364 e. The zero-order valence-corrected chi connectivity index (χ0v) is 13.7. The molecule has 0 amide bonds. The summed E-state index contributed by atoms with van der Waals surface area (Å²) in [4.78, 5) is 12.9. The molecule has 3 rings (SSSR count). The van der Waals surface area contributed by atoms with E-state index in [-0.39, 0.29) is 0 Å². The first-order valence-corrected chi connectivity index (χ1v) is 8.47. The second-order valence-electron chi connectivity index (χ2n) is 4.99. The third-order valence-corrected chi connectivity index (χ3v) is 4.52. The van der Waals surface area contributed by atoms with Crippen LogP contribution >= 0.6 is 11.3 Å². The Kier molecular flexibility index (Phi) is 4.53. The number of fused-ring (bicyclic) bond motifs is 1. The van der Waals surface area contributed by atoms with Gasteiger partial charge in [-0.05, 0) is 37.4 Å². The van der Waals surface area contributed by atoms with Crippen molar-refractivity contribution in [1.82, 2.24) is 9.97 Å². The molecule has 1 aromatic carbocycles. The summed E-state index contributed by atoms with van der Waals surface area (Å²) in [5.41, 5.74) is 0.980. The van der Waals surface area contributed by atoms with E-state index in [1.54, 1.807) is 11.3 Å². The van der Waals surface area contributed by atoms with E-state index in [0.29, 0.717) is 0 Å². The Morgan fingerprint density at radius 3 is 2.59 bits per heavy atom. The van der Waals surface area contributed by atoms with Gasteiger partial charge in [0.15, 0.2) is 0 Å². The lowest BCUT2D eigenvalue weighted by molar-refractivity contribution is 0.826. The first kappa shape index (κ1) is 14.8. The molecule has 0 atom stereocenters. The van der Waals surface area contributed by atoms with Crippen molar-refractivity contribution in [3.05, 3.63) is 46.7 Å². The molecule has 4 nitrogen and oxygen atoms in total. The predicted octanol–water partition coefficient (Wildman–Crippen LogP) is 4.15. The number of nitrogens with zero attached hydrogens (tertiary/aromatic N) is 3. The third-order valence-electron chi connectivity index (χ3n) is 3.65. The minimum Gasteiger partial charge on any atom is -0.364 e. The van der Waals surface area contributed by atoms with Gasteiger partial charge < -0.3 is 10.2 Å². The van der Waals surface area contributed by atoms with E-state index in [2.05, 4.69) is 47.6 Å². The molecule has 3 aromatic rings. The maximum atomic E-state index is 4.75. The molecule has 0 saturated heterocycles. The predicted molar refractivity (Wildman–Crippen MR) is 94.7 cm³/mol. The van der Waals surface area contributed by atoms with Crippen molar-refractivity contribution < 1.29 is 0 Å². The first-order valence-electron chi connectivity index (χ1n) is 7.59. The summed E-state index contributed by atoms with van der Waals surface area (Å²) in [5.74, 6) is 1.69. The molecule has 1 N–H and O–H groups in total. The van der Waals surface area contributed by atoms with Crippen molar-refractivity contribution in [3.63, 3.8) is 0 Å². The summed E-state index contributed by atoms with van der Waals surface area (Å²) in [7, 11) is 0. The quantitative estimate of drug-likeness (QED) is 0.742. The molecule has 0 spiro atoms. The molecule has 0 radical (unpaired) electrons. The fraction of sp³-hybridized carbons (Fsp3) is 0.294. The molecular weight excluding hydrogens is 292 g/mol. The van der Waals surface area contributed by atoms with Crippen molar-refractivity contribution in [2.75, 3.05) is 23.3 Å². The third kappa shape index (κ3) is 3.04. The van der Waals surface area contributed by atoms with Crippen LogP contribution in [0.1, 0.15) is 18.7 Å². The Morgan fingerprint density at radius 2 is 1.86 bits per heavy atom. The highest BCUT2D eigenvalue weighted by molar-refractivity contribution is 7.09. The van der Waals surface area contributed by atoms with E-state index in [1.165, 1.54) is 4.88 Å². The fourth-order valence-electron chi connectivity index (χ4n) is 2.43. The average molecular weight is 312 g/mol. The lowest BCUT2D eigenvalue weighted by Gasteiger charge is -2.20. The number of nitrogens with one attached hydrogen (secondary N) is 1. The number of hydrogen-bond donors (Lipinski definition) is 1. The van der Waals surface area contributed by atoms with Gasteiger partial charge in [0.05, 0.1) is 12.1 Å². The maximum absolute atomic E-state index is 4.75. The van der Waals surface area contributed by atoms with Crippen molar-refractivity contribution >= 4 is 34.0 Å². The van der Waals surface area contributed by atoms with Gasteiger partial charge in [0.1, 0.15) is 5.82 Å². The van der Waals surface area contributed by atoms with Crippen LogP contribution in [0.25, 0.3) is 10.9 Å². The van der Waals surface area contributed by atoms with Crippen LogP contribution in [0.2, 0.25) is 0 Å². The molecule has 22 heavy (non-hydrogen) atoms. The molecule has 0 aliphatic rings. The summed E-state index contributed by atoms with van der Waals surface area (Å²) >= 11 is 1.75. The van der Waals surface area contributed by atoms with Crippen LogP contribution in [0, 0.1) is 0 Å². The number of benzene rings is 1. The van der Waals surface area contributed by atoms with Crippen molar-refractivity contribution in [3.8, 4) is 0 Å². The second-order valence-corrected chi connectivity index (χ2v) is 6.03. The number of hydrogen-bond acceptors (Lipinski definition) is 5. The first-order chi connectivity index (χ1) is 10.8. The number of rotatable bonds is 6. The Labute approximate surface area is 134 Å². The van der Waals surface area contributed by atoms with E-state index in [0.717, 1.165) is 42.3 Å². The molecule has 0 bridgehead atoms. The summed E-state index contributed by atoms with van der Waals surface area (Å²) in [6, 6.07) is 12.4. The molecule has 0 unspecified atom stereocenters. The molecule has 0 saturated carbocycles. The number of thiophene rings is 1. The van der Waals surface area contributed by atoms with Gasteiger partial charge in [0.25, 0.3) is 0 Å². The van der Waals surface area contributed by atoms with Crippen LogP contribution < -0.4 is 10.2 Å². The molecule has 2 aromatic heterocycles. The van der Waals surface area contributed by atoms with Crippen LogP contribution in [-0.2, 0) is 6.54 Å². The van der Waals surface area contributed by atoms with Gasteiger partial charge in [-0.2, -0.15) is 4.98 Å². The van der Waals surface area contributed by atoms with Crippen LogP contribution in [-0.4, -0.2) is 23.1 Å². The van der Waals surface area contributed by atoms with E-state index in [4.69, 9.17) is 9.97 Å². The van der Waals surface area contributed by atoms with Crippen molar-refractivity contribution in [1.29, 1.82) is 0 Å². The molecule has 0 fully saturated rings. The van der Waals surface area contributed by atoms with Crippen LogP contribution in [0.15, 0.2) is 41.8 Å². The zero-order valence-electron chi connectivity index (χ0n) is 12.9. The van der Waals surface area contributed by atoms with Crippen LogP contribution in [0.4, 0.5) is 11.8 Å². The topological polar surface area (TPSA) is 41.1 Å². The van der Waals surface area contributed by atoms with Gasteiger partial charge >= 0.3 is 0 Å². The van der Waals surface area contributed by atoms with Crippen molar-refractivity contribution in [2.24, 2.45) is 0 Å². The highest BCUT2D eigenvalue weighted by Gasteiger charge is 2.11. The Bertz CT molecular complexity index is 736. The van der Waals surface area contributed by atoms with Gasteiger partial charge in [0, 0.05) is 23.4 Å². The Hall–Kier alpha value is -2.14. The fourth-order valence-corrected chi connectivity index (χ4v) is 3.08. The zero-order chi connectivity index (χ0) is 15.4. The number of aromatic nitrogens is 2. The van der Waals surface area contributed by atoms with E-state index in [1.807, 2.05) is 18.2 Å². The summed E-state index contributed by atoms with van der Waals surface area (Å²) in [5, 5.41) is 6.62. The van der Waals surface area contributed by atoms with Crippen molar-refractivity contribution in [2.45, 2.75) is 20.4 Å². The molecule has 114 valence electrons. The molecular formula is C17H20N4S. The van der Waals surface area contributed by atoms with Crippen LogP contribution in [0.3, 0.4) is 0 Å². The number of para-hydroxylation sites is 1. The molecule has 2 heterocycles. The second kappa shape index (κ2) is 6.75. The van der Waals surface area contributed by atoms with E-state index >= 15 is 0 Å². The minimum atomic E-state index is 0.788. The lowest BCUT2D eigenvalue weighted by atomic mass is 10.2. The van der Waals surface area contributed by atoms with E-state index in [9.17, 15) is 0 Å². The van der Waals surface area contributed by atoms with E-state index < -0.39 is 0 Å².